The van der Waals surface area contributed by atoms with E-state index in [1.54, 1.807) is 7.11 Å². The first kappa shape index (κ1) is 19.2. The molecule has 1 aliphatic carbocycles. The SMILES string of the molecule is COC(CNC(=O)C[C@@H]1CCC[C@H]1N)c1cccc(Cl)c1.Cl. The van der Waals surface area contributed by atoms with Crippen molar-refractivity contribution >= 4 is 29.9 Å². The van der Waals surface area contributed by atoms with Gasteiger partial charge in [-0.15, -0.1) is 12.4 Å². The molecule has 1 saturated carbocycles. The van der Waals surface area contributed by atoms with Gasteiger partial charge in [-0.3, -0.25) is 4.79 Å². The molecule has 0 aliphatic heterocycles. The van der Waals surface area contributed by atoms with Gasteiger partial charge in [-0.05, 0) is 36.5 Å². The number of hydrogen-bond donors (Lipinski definition) is 2. The lowest BCUT2D eigenvalue weighted by atomic mass is 10.00. The van der Waals surface area contributed by atoms with Gasteiger partial charge < -0.3 is 15.8 Å². The maximum atomic E-state index is 12.0. The van der Waals surface area contributed by atoms with Crippen molar-refractivity contribution in [2.75, 3.05) is 13.7 Å². The first-order chi connectivity index (χ1) is 10.1. The van der Waals surface area contributed by atoms with Crippen LogP contribution in [0.15, 0.2) is 24.3 Å². The van der Waals surface area contributed by atoms with Crippen LogP contribution >= 0.6 is 24.0 Å². The zero-order valence-corrected chi connectivity index (χ0v) is 14.3. The van der Waals surface area contributed by atoms with Crippen LogP contribution in [0.4, 0.5) is 0 Å². The Bertz CT molecular complexity index is 485. The fourth-order valence-corrected chi connectivity index (χ4v) is 3.08. The summed E-state index contributed by atoms with van der Waals surface area (Å²) in [7, 11) is 1.63. The van der Waals surface area contributed by atoms with E-state index >= 15 is 0 Å². The smallest absolute Gasteiger partial charge is 0.220 e. The largest absolute Gasteiger partial charge is 0.375 e. The lowest BCUT2D eigenvalue weighted by Gasteiger charge is -2.19. The van der Waals surface area contributed by atoms with Crippen molar-refractivity contribution in [1.82, 2.24) is 5.32 Å². The van der Waals surface area contributed by atoms with Crippen LogP contribution in [0.1, 0.15) is 37.4 Å². The van der Waals surface area contributed by atoms with Crippen molar-refractivity contribution in [3.05, 3.63) is 34.9 Å². The Labute approximate surface area is 143 Å². The maximum Gasteiger partial charge on any atom is 0.220 e. The maximum absolute atomic E-state index is 12.0. The average molecular weight is 347 g/mol. The molecule has 1 fully saturated rings. The van der Waals surface area contributed by atoms with E-state index in [0.717, 1.165) is 24.8 Å². The molecule has 22 heavy (non-hydrogen) atoms. The van der Waals surface area contributed by atoms with Gasteiger partial charge >= 0.3 is 0 Å². The summed E-state index contributed by atoms with van der Waals surface area (Å²) in [4.78, 5) is 12.0. The Hall–Kier alpha value is -0.810. The highest BCUT2D eigenvalue weighted by Gasteiger charge is 2.26. The fourth-order valence-electron chi connectivity index (χ4n) is 2.88. The predicted molar refractivity (Wildman–Crippen MR) is 91.4 cm³/mol. The molecule has 3 N–H and O–H groups in total. The van der Waals surface area contributed by atoms with Crippen molar-refractivity contribution in [1.29, 1.82) is 0 Å². The summed E-state index contributed by atoms with van der Waals surface area (Å²) in [6.45, 7) is 0.442. The number of carbonyl (C=O) groups excluding carboxylic acids is 1. The molecule has 1 aromatic carbocycles. The highest BCUT2D eigenvalue weighted by atomic mass is 35.5. The number of ether oxygens (including phenoxy) is 1. The second kappa shape index (κ2) is 9.36. The molecule has 0 saturated heterocycles. The number of rotatable bonds is 6. The fraction of sp³-hybridized carbons (Fsp3) is 0.562. The van der Waals surface area contributed by atoms with Gasteiger partial charge in [0.25, 0.3) is 0 Å². The average Bonchev–Trinajstić information content (AvgIpc) is 2.85. The number of methoxy groups -OCH3 is 1. The molecular formula is C16H24Cl2N2O2. The minimum absolute atomic E-state index is 0. The summed E-state index contributed by atoms with van der Waals surface area (Å²) in [6.07, 6.45) is 3.53. The molecule has 0 aromatic heterocycles. The van der Waals surface area contributed by atoms with E-state index in [0.29, 0.717) is 23.9 Å². The molecule has 0 radical (unpaired) electrons. The summed E-state index contributed by atoms with van der Waals surface area (Å²) in [6, 6.07) is 7.66. The molecular weight excluding hydrogens is 323 g/mol. The third-order valence-electron chi connectivity index (χ3n) is 4.16. The molecule has 0 bridgehead atoms. The van der Waals surface area contributed by atoms with Crippen LogP contribution in [0.2, 0.25) is 5.02 Å². The van der Waals surface area contributed by atoms with Gasteiger partial charge in [-0.1, -0.05) is 30.2 Å². The zero-order chi connectivity index (χ0) is 15.2. The number of hydrogen-bond acceptors (Lipinski definition) is 3. The quantitative estimate of drug-likeness (QED) is 0.831. The summed E-state index contributed by atoms with van der Waals surface area (Å²) in [5.41, 5.74) is 6.96. The van der Waals surface area contributed by atoms with Crippen LogP contribution < -0.4 is 11.1 Å². The van der Waals surface area contributed by atoms with Crippen molar-refractivity contribution < 1.29 is 9.53 Å². The molecule has 4 nitrogen and oxygen atoms in total. The highest BCUT2D eigenvalue weighted by Crippen LogP contribution is 2.26. The predicted octanol–water partition coefficient (Wildman–Crippen LogP) is 3.08. The number of halogens is 2. The van der Waals surface area contributed by atoms with E-state index in [-0.39, 0.29) is 30.5 Å². The lowest BCUT2D eigenvalue weighted by molar-refractivity contribution is -0.122. The normalized spacial score (nSPS) is 22.0. The second-order valence-electron chi connectivity index (χ2n) is 5.64. The van der Waals surface area contributed by atoms with Gasteiger partial charge in [0.05, 0.1) is 6.10 Å². The topological polar surface area (TPSA) is 64.3 Å². The van der Waals surface area contributed by atoms with Crippen LogP contribution in [-0.4, -0.2) is 25.6 Å². The Balaban J connectivity index is 0.00000242. The number of nitrogens with one attached hydrogen (secondary N) is 1. The summed E-state index contributed by atoms with van der Waals surface area (Å²) in [5.74, 6) is 0.360. The van der Waals surface area contributed by atoms with Gasteiger partial charge in [0.2, 0.25) is 5.91 Å². The number of benzene rings is 1. The minimum atomic E-state index is -0.190. The molecule has 1 aromatic rings. The standard InChI is InChI=1S/C16H23ClN2O2.ClH/c1-21-15(12-5-2-6-13(17)8-12)10-19-16(20)9-11-4-3-7-14(11)18;/h2,5-6,8,11,14-15H,3-4,7,9-10,18H2,1H3,(H,19,20);1H/t11-,14+,15?;/m0./s1. The third kappa shape index (κ3) is 5.43. The first-order valence-electron chi connectivity index (χ1n) is 7.40. The molecule has 0 heterocycles. The second-order valence-corrected chi connectivity index (χ2v) is 6.08. The van der Waals surface area contributed by atoms with Crippen LogP contribution in [-0.2, 0) is 9.53 Å². The molecule has 6 heteroatoms. The summed E-state index contributed by atoms with van der Waals surface area (Å²) in [5, 5.41) is 3.60. The van der Waals surface area contributed by atoms with E-state index < -0.39 is 0 Å². The molecule has 1 aliphatic rings. The van der Waals surface area contributed by atoms with E-state index in [2.05, 4.69) is 5.32 Å². The van der Waals surface area contributed by atoms with E-state index in [1.807, 2.05) is 24.3 Å². The molecule has 1 unspecified atom stereocenters. The highest BCUT2D eigenvalue weighted by molar-refractivity contribution is 6.30. The minimum Gasteiger partial charge on any atom is -0.375 e. The van der Waals surface area contributed by atoms with Gasteiger partial charge in [0.15, 0.2) is 0 Å². The molecule has 124 valence electrons. The molecule has 3 atom stereocenters. The van der Waals surface area contributed by atoms with Gasteiger partial charge in [-0.25, -0.2) is 0 Å². The van der Waals surface area contributed by atoms with Gasteiger partial charge in [0, 0.05) is 31.1 Å². The third-order valence-corrected chi connectivity index (χ3v) is 4.39. The number of nitrogens with two attached hydrogens (primary N) is 1. The Morgan fingerprint density at radius 3 is 2.86 bits per heavy atom. The van der Waals surface area contributed by atoms with Gasteiger partial charge in [0.1, 0.15) is 0 Å². The van der Waals surface area contributed by atoms with Crippen molar-refractivity contribution in [3.63, 3.8) is 0 Å². The number of carbonyl (C=O) groups is 1. The van der Waals surface area contributed by atoms with E-state index in [1.165, 1.54) is 0 Å². The molecule has 1 amide bonds. The Morgan fingerprint density at radius 2 is 2.27 bits per heavy atom. The Morgan fingerprint density at radius 1 is 1.50 bits per heavy atom. The summed E-state index contributed by atoms with van der Waals surface area (Å²) < 4.78 is 5.43. The van der Waals surface area contributed by atoms with Crippen LogP contribution in [0.25, 0.3) is 0 Å². The zero-order valence-electron chi connectivity index (χ0n) is 12.8. The van der Waals surface area contributed by atoms with Crippen LogP contribution in [0.5, 0.6) is 0 Å². The van der Waals surface area contributed by atoms with Crippen molar-refractivity contribution in [2.45, 2.75) is 37.8 Å². The Kier molecular flexibility index (Phi) is 8.18. The van der Waals surface area contributed by atoms with Crippen molar-refractivity contribution in [2.24, 2.45) is 11.7 Å². The number of amides is 1. The molecule has 2 rings (SSSR count). The summed E-state index contributed by atoms with van der Waals surface area (Å²) >= 11 is 5.98. The first-order valence-corrected chi connectivity index (χ1v) is 7.78. The van der Waals surface area contributed by atoms with E-state index in [4.69, 9.17) is 22.1 Å². The monoisotopic (exact) mass is 346 g/mol. The van der Waals surface area contributed by atoms with E-state index in [9.17, 15) is 4.79 Å². The van der Waals surface area contributed by atoms with Crippen molar-refractivity contribution in [3.8, 4) is 0 Å². The van der Waals surface area contributed by atoms with Crippen LogP contribution in [0.3, 0.4) is 0 Å². The van der Waals surface area contributed by atoms with Gasteiger partial charge in [-0.2, -0.15) is 0 Å². The lowest BCUT2D eigenvalue weighted by Crippen LogP contribution is -2.34. The molecule has 0 spiro atoms. The van der Waals surface area contributed by atoms with Crippen LogP contribution in [0, 0.1) is 5.92 Å².